The summed E-state index contributed by atoms with van der Waals surface area (Å²) in [5.74, 6) is 0.0523. The molecule has 1 amide bonds. The van der Waals surface area contributed by atoms with Gasteiger partial charge in [-0.3, -0.25) is 4.79 Å². The van der Waals surface area contributed by atoms with Crippen LogP contribution in [0.5, 0.6) is 0 Å². The van der Waals surface area contributed by atoms with Crippen molar-refractivity contribution in [3.05, 3.63) is 21.3 Å². The van der Waals surface area contributed by atoms with Crippen LogP contribution in [0.1, 0.15) is 30.6 Å². The number of amides is 1. The third kappa shape index (κ3) is 3.00. The summed E-state index contributed by atoms with van der Waals surface area (Å²) >= 11 is 7.37. The lowest BCUT2D eigenvalue weighted by Gasteiger charge is -2.32. The van der Waals surface area contributed by atoms with Gasteiger partial charge in [0.1, 0.15) is 0 Å². The van der Waals surface area contributed by atoms with Gasteiger partial charge in [0.2, 0.25) is 5.91 Å². The van der Waals surface area contributed by atoms with Crippen molar-refractivity contribution in [1.82, 2.24) is 4.90 Å². The summed E-state index contributed by atoms with van der Waals surface area (Å²) in [6.07, 6.45) is 2.02. The third-order valence-electron chi connectivity index (χ3n) is 3.16. The van der Waals surface area contributed by atoms with Gasteiger partial charge in [-0.15, -0.1) is 11.3 Å². The molecule has 0 radical (unpaired) electrons. The van der Waals surface area contributed by atoms with Crippen LogP contribution >= 0.6 is 22.9 Å². The highest BCUT2D eigenvalue weighted by Crippen LogP contribution is 2.29. The number of likely N-dealkylation sites (tertiary alicyclic amines) is 1. The monoisotopic (exact) mass is 272 g/mol. The van der Waals surface area contributed by atoms with E-state index in [1.807, 2.05) is 24.0 Å². The molecule has 2 atom stereocenters. The summed E-state index contributed by atoms with van der Waals surface area (Å²) in [5, 5.41) is 0. The Morgan fingerprint density at radius 1 is 1.65 bits per heavy atom. The Kier molecular flexibility index (Phi) is 4.07. The van der Waals surface area contributed by atoms with Crippen LogP contribution in [0.25, 0.3) is 0 Å². The molecule has 1 aliphatic heterocycles. The summed E-state index contributed by atoms with van der Waals surface area (Å²) in [6, 6.07) is 3.90. The Labute approximate surface area is 111 Å². The van der Waals surface area contributed by atoms with Crippen LogP contribution in [0.15, 0.2) is 12.1 Å². The second-order valence-electron chi connectivity index (χ2n) is 4.55. The second kappa shape index (κ2) is 5.38. The molecule has 0 aromatic carbocycles. The van der Waals surface area contributed by atoms with E-state index in [1.54, 1.807) is 0 Å². The van der Waals surface area contributed by atoms with Crippen LogP contribution in [0.2, 0.25) is 4.34 Å². The average Bonchev–Trinajstić information content (AvgIpc) is 2.74. The number of hydrogen-bond donors (Lipinski definition) is 1. The van der Waals surface area contributed by atoms with Crippen LogP contribution in [0.3, 0.4) is 0 Å². The molecule has 1 aromatic rings. The van der Waals surface area contributed by atoms with Crippen molar-refractivity contribution in [2.75, 3.05) is 13.1 Å². The van der Waals surface area contributed by atoms with Gasteiger partial charge < -0.3 is 10.6 Å². The number of rotatable bonds is 2. The highest BCUT2D eigenvalue weighted by Gasteiger charge is 2.26. The van der Waals surface area contributed by atoms with E-state index in [4.69, 9.17) is 17.3 Å². The summed E-state index contributed by atoms with van der Waals surface area (Å²) < 4.78 is 0.731. The largest absolute Gasteiger partial charge is 0.341 e. The zero-order valence-corrected chi connectivity index (χ0v) is 11.4. The van der Waals surface area contributed by atoms with Gasteiger partial charge in [-0.05, 0) is 31.9 Å². The first-order valence-corrected chi connectivity index (χ1v) is 7.07. The number of halogens is 1. The molecule has 2 N–H and O–H groups in total. The fourth-order valence-corrected chi connectivity index (χ4v) is 3.27. The minimum atomic E-state index is -0.113. The number of nitrogens with two attached hydrogens (primary N) is 1. The lowest BCUT2D eigenvalue weighted by Crippen LogP contribution is -2.46. The van der Waals surface area contributed by atoms with Crippen molar-refractivity contribution in [3.8, 4) is 0 Å². The number of nitrogens with zero attached hydrogens (tertiary/aromatic N) is 1. The number of carbonyl (C=O) groups is 1. The number of piperidine rings is 1. The molecule has 1 aromatic heterocycles. The highest BCUT2D eigenvalue weighted by atomic mass is 35.5. The highest BCUT2D eigenvalue weighted by molar-refractivity contribution is 7.16. The van der Waals surface area contributed by atoms with Gasteiger partial charge in [-0.1, -0.05) is 11.6 Å². The van der Waals surface area contributed by atoms with E-state index in [2.05, 4.69) is 0 Å². The molecule has 5 heteroatoms. The summed E-state index contributed by atoms with van der Waals surface area (Å²) in [6.45, 7) is 3.45. The molecule has 2 unspecified atom stereocenters. The minimum Gasteiger partial charge on any atom is -0.341 e. The molecule has 3 nitrogen and oxygen atoms in total. The number of hydrogen-bond acceptors (Lipinski definition) is 3. The zero-order chi connectivity index (χ0) is 12.4. The van der Waals surface area contributed by atoms with Crippen LogP contribution in [-0.2, 0) is 4.79 Å². The van der Waals surface area contributed by atoms with Gasteiger partial charge in [0.25, 0.3) is 0 Å². The molecule has 2 rings (SSSR count). The first-order chi connectivity index (χ1) is 8.08. The van der Waals surface area contributed by atoms with E-state index < -0.39 is 0 Å². The maximum atomic E-state index is 12.3. The van der Waals surface area contributed by atoms with Gasteiger partial charge in [0, 0.05) is 24.0 Å². The second-order valence-corrected chi connectivity index (χ2v) is 6.30. The molecule has 0 saturated carbocycles. The summed E-state index contributed by atoms with van der Waals surface area (Å²) in [4.78, 5) is 15.2. The third-order valence-corrected chi connectivity index (χ3v) is 4.57. The van der Waals surface area contributed by atoms with Crippen molar-refractivity contribution in [2.45, 2.75) is 31.7 Å². The maximum absolute atomic E-state index is 12.3. The molecular formula is C12H17ClN2OS. The average molecular weight is 273 g/mol. The molecule has 0 bridgehead atoms. The molecule has 17 heavy (non-hydrogen) atoms. The van der Waals surface area contributed by atoms with Gasteiger partial charge in [-0.2, -0.15) is 0 Å². The molecular weight excluding hydrogens is 256 g/mol. The Balaban J connectivity index is 2.04. The van der Waals surface area contributed by atoms with Crippen LogP contribution < -0.4 is 5.73 Å². The molecule has 2 heterocycles. The lowest BCUT2D eigenvalue weighted by atomic mass is 10.0. The van der Waals surface area contributed by atoms with Crippen LogP contribution in [-0.4, -0.2) is 29.9 Å². The fraction of sp³-hybridized carbons (Fsp3) is 0.583. The van der Waals surface area contributed by atoms with Crippen molar-refractivity contribution in [3.63, 3.8) is 0 Å². The molecule has 1 saturated heterocycles. The van der Waals surface area contributed by atoms with E-state index in [1.165, 1.54) is 11.3 Å². The van der Waals surface area contributed by atoms with Crippen LogP contribution in [0, 0.1) is 0 Å². The smallest absolute Gasteiger partial charge is 0.230 e. The van der Waals surface area contributed by atoms with Gasteiger partial charge >= 0.3 is 0 Å². The summed E-state index contributed by atoms with van der Waals surface area (Å²) in [7, 11) is 0. The summed E-state index contributed by atoms with van der Waals surface area (Å²) in [5.41, 5.74) is 5.89. The Hall–Kier alpha value is -0.580. The Morgan fingerprint density at radius 2 is 2.41 bits per heavy atom. The lowest BCUT2D eigenvalue weighted by molar-refractivity contribution is -0.133. The normalized spacial score (nSPS) is 22.5. The van der Waals surface area contributed by atoms with E-state index in [-0.39, 0.29) is 17.9 Å². The van der Waals surface area contributed by atoms with Crippen molar-refractivity contribution < 1.29 is 4.79 Å². The van der Waals surface area contributed by atoms with Crippen molar-refractivity contribution in [2.24, 2.45) is 5.73 Å². The van der Waals surface area contributed by atoms with E-state index in [0.717, 1.165) is 28.6 Å². The van der Waals surface area contributed by atoms with E-state index >= 15 is 0 Å². The number of thiophene rings is 1. The van der Waals surface area contributed by atoms with Gasteiger partial charge in [0.15, 0.2) is 0 Å². The standard InChI is InChI=1S/C12H17ClN2OS/c1-8(10-4-5-11(13)17-10)12(16)15-6-2-3-9(14)7-15/h4-5,8-9H,2-3,6-7,14H2,1H3. The van der Waals surface area contributed by atoms with E-state index in [0.29, 0.717) is 6.54 Å². The molecule has 1 aliphatic rings. The molecule has 94 valence electrons. The Bertz CT molecular complexity index is 407. The maximum Gasteiger partial charge on any atom is 0.230 e. The fourth-order valence-electron chi connectivity index (χ4n) is 2.17. The van der Waals surface area contributed by atoms with E-state index in [9.17, 15) is 4.79 Å². The van der Waals surface area contributed by atoms with Crippen molar-refractivity contribution >= 4 is 28.8 Å². The quantitative estimate of drug-likeness (QED) is 0.899. The Morgan fingerprint density at radius 3 is 3.00 bits per heavy atom. The molecule has 1 fully saturated rings. The minimum absolute atomic E-state index is 0.113. The first kappa shape index (κ1) is 12.9. The van der Waals surface area contributed by atoms with Crippen molar-refractivity contribution in [1.29, 1.82) is 0 Å². The zero-order valence-electron chi connectivity index (χ0n) is 9.86. The van der Waals surface area contributed by atoms with Crippen LogP contribution in [0.4, 0.5) is 0 Å². The predicted octanol–water partition coefficient (Wildman–Crippen LogP) is 2.45. The first-order valence-electron chi connectivity index (χ1n) is 5.87. The van der Waals surface area contributed by atoms with Gasteiger partial charge in [-0.25, -0.2) is 0 Å². The van der Waals surface area contributed by atoms with Gasteiger partial charge in [0.05, 0.1) is 10.3 Å². The number of carbonyl (C=O) groups excluding carboxylic acids is 1. The SMILES string of the molecule is CC(C(=O)N1CCCC(N)C1)c1ccc(Cl)s1. The molecule has 0 spiro atoms. The molecule has 0 aliphatic carbocycles. The predicted molar refractivity (Wildman–Crippen MR) is 71.5 cm³/mol. The topological polar surface area (TPSA) is 46.3 Å².